The molecule has 0 saturated carbocycles. The highest BCUT2D eigenvalue weighted by atomic mass is 79.9. The van der Waals surface area contributed by atoms with Crippen molar-refractivity contribution in [2.45, 2.75) is 0 Å². The molecule has 26 heavy (non-hydrogen) atoms. The van der Waals surface area contributed by atoms with Gasteiger partial charge in [0.1, 0.15) is 5.75 Å². The number of piperazine rings is 1. The van der Waals surface area contributed by atoms with E-state index in [1.807, 2.05) is 12.1 Å². The molecule has 6 nitrogen and oxygen atoms in total. The van der Waals surface area contributed by atoms with E-state index in [1.165, 1.54) is 0 Å². The maximum Gasteiger partial charge on any atom is 0.251 e. The molecule has 0 spiro atoms. The van der Waals surface area contributed by atoms with Crippen LogP contribution in [0.3, 0.4) is 0 Å². The molecule has 1 aliphatic rings. The third kappa shape index (κ3) is 4.54. The van der Waals surface area contributed by atoms with Crippen LogP contribution in [0.5, 0.6) is 5.75 Å². The highest BCUT2D eigenvalue weighted by Crippen LogP contribution is 2.21. The van der Waals surface area contributed by atoms with Crippen LogP contribution in [0.4, 0.5) is 5.69 Å². The van der Waals surface area contributed by atoms with Gasteiger partial charge in [0.05, 0.1) is 6.54 Å². The quantitative estimate of drug-likeness (QED) is 0.799. The van der Waals surface area contributed by atoms with Gasteiger partial charge in [-0.2, -0.15) is 0 Å². The summed E-state index contributed by atoms with van der Waals surface area (Å²) < 4.78 is 0.819. The van der Waals surface area contributed by atoms with Crippen molar-refractivity contribution >= 4 is 33.4 Å². The SMILES string of the molecule is O=C(NCC(=O)N1CCN(c2cccc(O)c2)CC1)c1cccc(Br)c1. The maximum absolute atomic E-state index is 12.3. The van der Waals surface area contributed by atoms with E-state index in [1.54, 1.807) is 41.3 Å². The van der Waals surface area contributed by atoms with Gasteiger partial charge in [0.15, 0.2) is 0 Å². The van der Waals surface area contributed by atoms with Crippen LogP contribution in [0, 0.1) is 0 Å². The lowest BCUT2D eigenvalue weighted by molar-refractivity contribution is -0.130. The van der Waals surface area contributed by atoms with E-state index in [0.717, 1.165) is 10.2 Å². The summed E-state index contributed by atoms with van der Waals surface area (Å²) in [7, 11) is 0. The average Bonchev–Trinajstić information content (AvgIpc) is 2.66. The largest absolute Gasteiger partial charge is 0.508 e. The Morgan fingerprint density at radius 3 is 2.46 bits per heavy atom. The van der Waals surface area contributed by atoms with Crippen molar-refractivity contribution in [1.82, 2.24) is 10.2 Å². The van der Waals surface area contributed by atoms with Crippen LogP contribution in [0.1, 0.15) is 10.4 Å². The number of benzene rings is 2. The second kappa shape index (κ2) is 8.23. The fourth-order valence-corrected chi connectivity index (χ4v) is 3.30. The van der Waals surface area contributed by atoms with Crippen molar-refractivity contribution in [1.29, 1.82) is 0 Å². The fourth-order valence-electron chi connectivity index (χ4n) is 2.90. The summed E-state index contributed by atoms with van der Waals surface area (Å²) in [6.45, 7) is 2.53. The first-order valence-electron chi connectivity index (χ1n) is 8.38. The fraction of sp³-hybridized carbons (Fsp3) is 0.263. The molecule has 1 saturated heterocycles. The molecule has 0 aromatic heterocycles. The number of nitrogens with one attached hydrogen (secondary N) is 1. The predicted octanol–water partition coefficient (Wildman–Crippen LogP) is 2.23. The number of rotatable bonds is 4. The first kappa shape index (κ1) is 18.3. The molecule has 0 unspecified atom stereocenters. The van der Waals surface area contributed by atoms with Gasteiger partial charge in [-0.25, -0.2) is 0 Å². The molecule has 1 heterocycles. The molecular weight excluding hydrogens is 398 g/mol. The van der Waals surface area contributed by atoms with Gasteiger partial charge in [-0.15, -0.1) is 0 Å². The van der Waals surface area contributed by atoms with Gasteiger partial charge in [0, 0.05) is 48.0 Å². The number of carbonyl (C=O) groups excluding carboxylic acids is 2. The zero-order valence-electron chi connectivity index (χ0n) is 14.2. The van der Waals surface area contributed by atoms with Gasteiger partial charge >= 0.3 is 0 Å². The highest BCUT2D eigenvalue weighted by molar-refractivity contribution is 9.10. The molecule has 2 N–H and O–H groups in total. The molecule has 2 aromatic carbocycles. The Hall–Kier alpha value is -2.54. The van der Waals surface area contributed by atoms with Crippen molar-refractivity contribution in [2.75, 3.05) is 37.6 Å². The van der Waals surface area contributed by atoms with Gasteiger partial charge < -0.3 is 20.2 Å². The number of anilines is 1. The van der Waals surface area contributed by atoms with E-state index in [-0.39, 0.29) is 24.1 Å². The van der Waals surface area contributed by atoms with Crippen molar-refractivity contribution in [3.8, 4) is 5.75 Å². The number of hydrogen-bond donors (Lipinski definition) is 2. The molecule has 7 heteroatoms. The number of phenolic OH excluding ortho intramolecular Hbond substituents is 1. The monoisotopic (exact) mass is 417 g/mol. The maximum atomic E-state index is 12.3. The van der Waals surface area contributed by atoms with Gasteiger partial charge in [-0.3, -0.25) is 9.59 Å². The second-order valence-corrected chi connectivity index (χ2v) is 7.00. The minimum Gasteiger partial charge on any atom is -0.508 e. The third-order valence-corrected chi connectivity index (χ3v) is 4.81. The molecule has 136 valence electrons. The van der Waals surface area contributed by atoms with Gasteiger partial charge in [-0.05, 0) is 30.3 Å². The Kier molecular flexibility index (Phi) is 5.78. The van der Waals surface area contributed by atoms with Crippen LogP contribution in [-0.2, 0) is 4.79 Å². The molecule has 2 amide bonds. The van der Waals surface area contributed by atoms with E-state index in [0.29, 0.717) is 31.7 Å². The summed E-state index contributed by atoms with van der Waals surface area (Å²) >= 11 is 3.33. The number of halogens is 1. The van der Waals surface area contributed by atoms with Crippen LogP contribution < -0.4 is 10.2 Å². The zero-order chi connectivity index (χ0) is 18.5. The summed E-state index contributed by atoms with van der Waals surface area (Å²) in [4.78, 5) is 28.3. The lowest BCUT2D eigenvalue weighted by Crippen LogP contribution is -2.51. The average molecular weight is 418 g/mol. The number of phenols is 1. The molecule has 0 bridgehead atoms. The summed E-state index contributed by atoms with van der Waals surface area (Å²) in [6.07, 6.45) is 0. The summed E-state index contributed by atoms with van der Waals surface area (Å²) in [6, 6.07) is 14.1. The molecule has 3 rings (SSSR count). The van der Waals surface area contributed by atoms with Crippen molar-refractivity contribution in [3.63, 3.8) is 0 Å². The Labute approximate surface area is 160 Å². The number of nitrogens with zero attached hydrogens (tertiary/aromatic N) is 2. The minimum atomic E-state index is -0.266. The highest BCUT2D eigenvalue weighted by Gasteiger charge is 2.21. The first-order valence-corrected chi connectivity index (χ1v) is 9.18. The lowest BCUT2D eigenvalue weighted by atomic mass is 10.2. The normalized spacial score (nSPS) is 14.2. The molecular formula is C19H20BrN3O3. The molecule has 2 aromatic rings. The Morgan fingerprint density at radius 1 is 1.04 bits per heavy atom. The second-order valence-electron chi connectivity index (χ2n) is 6.08. The number of carbonyl (C=O) groups is 2. The number of aromatic hydroxyl groups is 1. The minimum absolute atomic E-state index is 0.0164. The number of amides is 2. The summed E-state index contributed by atoms with van der Waals surface area (Å²) in [5.74, 6) is -0.127. The standard InChI is InChI=1S/C19H20BrN3O3/c20-15-4-1-3-14(11-15)19(26)21-13-18(25)23-9-7-22(8-10-23)16-5-2-6-17(24)12-16/h1-6,11-12,24H,7-10,13H2,(H,21,26). The summed E-state index contributed by atoms with van der Waals surface area (Å²) in [5.41, 5.74) is 1.46. The van der Waals surface area contributed by atoms with E-state index < -0.39 is 0 Å². The van der Waals surface area contributed by atoms with E-state index in [4.69, 9.17) is 0 Å². The van der Waals surface area contributed by atoms with E-state index >= 15 is 0 Å². The Bertz CT molecular complexity index is 804. The van der Waals surface area contributed by atoms with E-state index in [2.05, 4.69) is 26.1 Å². The molecule has 0 radical (unpaired) electrons. The van der Waals surface area contributed by atoms with Crippen LogP contribution in [-0.4, -0.2) is 54.5 Å². The molecule has 0 atom stereocenters. The number of hydrogen-bond acceptors (Lipinski definition) is 4. The van der Waals surface area contributed by atoms with Crippen molar-refractivity contribution in [2.24, 2.45) is 0 Å². The Morgan fingerprint density at radius 2 is 1.77 bits per heavy atom. The lowest BCUT2D eigenvalue weighted by Gasteiger charge is -2.36. The van der Waals surface area contributed by atoms with Crippen LogP contribution in [0.2, 0.25) is 0 Å². The third-order valence-electron chi connectivity index (χ3n) is 4.31. The Balaban J connectivity index is 1.48. The van der Waals surface area contributed by atoms with Crippen LogP contribution in [0.25, 0.3) is 0 Å². The molecule has 1 aliphatic heterocycles. The zero-order valence-corrected chi connectivity index (χ0v) is 15.8. The van der Waals surface area contributed by atoms with Crippen molar-refractivity contribution < 1.29 is 14.7 Å². The van der Waals surface area contributed by atoms with Gasteiger partial charge in [0.25, 0.3) is 5.91 Å². The molecule has 0 aliphatic carbocycles. The summed E-state index contributed by atoms with van der Waals surface area (Å²) in [5, 5.41) is 12.3. The van der Waals surface area contributed by atoms with Crippen LogP contribution in [0.15, 0.2) is 53.0 Å². The van der Waals surface area contributed by atoms with E-state index in [9.17, 15) is 14.7 Å². The van der Waals surface area contributed by atoms with Crippen molar-refractivity contribution in [3.05, 3.63) is 58.6 Å². The predicted molar refractivity (Wildman–Crippen MR) is 103 cm³/mol. The smallest absolute Gasteiger partial charge is 0.251 e. The van der Waals surface area contributed by atoms with Crippen LogP contribution >= 0.6 is 15.9 Å². The molecule has 1 fully saturated rings. The topological polar surface area (TPSA) is 72.9 Å². The van der Waals surface area contributed by atoms with Gasteiger partial charge in [-0.1, -0.05) is 28.1 Å². The van der Waals surface area contributed by atoms with Gasteiger partial charge in [0.2, 0.25) is 5.91 Å². The first-order chi connectivity index (χ1) is 12.5.